The zero-order chi connectivity index (χ0) is 26.4. The molecule has 3 heterocycles. The Hall–Kier alpha value is -4.59. The van der Waals surface area contributed by atoms with Gasteiger partial charge in [0.1, 0.15) is 5.82 Å². The van der Waals surface area contributed by atoms with Gasteiger partial charge in [-0.25, -0.2) is 9.48 Å². The first kappa shape index (κ1) is 23.8. The maximum absolute atomic E-state index is 13.0. The number of carbonyl (C=O) groups is 2. The molecule has 0 radical (unpaired) electrons. The fraction of sp³-hybridized carbons (Fsp3) is 0.233. The molecule has 0 fully saturated rings. The smallest absolute Gasteiger partial charge is 0.324 e. The summed E-state index contributed by atoms with van der Waals surface area (Å²) in [6.45, 7) is 7.76. The Morgan fingerprint density at radius 1 is 0.947 bits per heavy atom. The summed E-state index contributed by atoms with van der Waals surface area (Å²) in [6.07, 6.45) is 0.967. The van der Waals surface area contributed by atoms with Crippen LogP contribution in [0.4, 0.5) is 22.0 Å². The van der Waals surface area contributed by atoms with Crippen LogP contribution in [-0.4, -0.2) is 28.3 Å². The van der Waals surface area contributed by atoms with Crippen molar-refractivity contribution in [3.8, 4) is 16.8 Å². The summed E-state index contributed by atoms with van der Waals surface area (Å²) in [7, 11) is 0. The minimum absolute atomic E-state index is 0.0396. The van der Waals surface area contributed by atoms with Gasteiger partial charge in [0.2, 0.25) is 0 Å². The zero-order valence-corrected chi connectivity index (χ0v) is 21.7. The van der Waals surface area contributed by atoms with Crippen LogP contribution in [0.15, 0.2) is 66.7 Å². The molecule has 0 spiro atoms. The molecular weight excluding hydrogens is 476 g/mol. The lowest BCUT2D eigenvalue weighted by Gasteiger charge is -2.14. The average molecular weight is 507 g/mol. The number of hydrogen-bond acceptors (Lipinski definition) is 4. The number of hydrogen-bond donors (Lipinski definition) is 4. The van der Waals surface area contributed by atoms with Gasteiger partial charge >= 0.3 is 6.03 Å². The Morgan fingerprint density at radius 3 is 2.53 bits per heavy atom. The summed E-state index contributed by atoms with van der Waals surface area (Å²) in [5.41, 5.74) is 8.40. The first-order valence-corrected chi connectivity index (χ1v) is 12.8. The maximum Gasteiger partial charge on any atom is 0.324 e. The van der Waals surface area contributed by atoms with Crippen molar-refractivity contribution >= 4 is 29.1 Å². The SMILES string of the molecule is CC(C)(C)c1cc(NC(=O)Nc2ccc(-c3cccc4c3CNC4=O)cc2)n(-c2ccc3c(c2)CCN3)n1. The zero-order valence-electron chi connectivity index (χ0n) is 21.7. The predicted molar refractivity (Wildman–Crippen MR) is 150 cm³/mol. The molecular formula is C30H30N6O2. The van der Waals surface area contributed by atoms with Crippen LogP contribution in [0.25, 0.3) is 16.8 Å². The van der Waals surface area contributed by atoms with E-state index in [1.54, 1.807) is 4.68 Å². The average Bonchev–Trinajstić information content (AvgIpc) is 3.62. The standard InChI is InChI=1S/C30H30N6O2/c1-30(2,3)26-16-27(36(35-26)21-11-12-25-19(15-21)13-14-31-25)34-29(38)33-20-9-7-18(8-10-20)22-5-4-6-23-24(22)17-32-28(23)37/h4-12,15-16,31H,13-14,17H2,1-3H3,(H,32,37)(H2,33,34,38). The minimum atomic E-state index is -0.349. The number of amides is 3. The number of benzene rings is 3. The van der Waals surface area contributed by atoms with Crippen molar-refractivity contribution in [1.29, 1.82) is 0 Å². The van der Waals surface area contributed by atoms with Crippen LogP contribution in [0.3, 0.4) is 0 Å². The Balaban J connectivity index is 1.22. The van der Waals surface area contributed by atoms with Gasteiger partial charge in [0.15, 0.2) is 0 Å². The van der Waals surface area contributed by atoms with Crippen LogP contribution >= 0.6 is 0 Å². The highest BCUT2D eigenvalue weighted by Gasteiger charge is 2.23. The minimum Gasteiger partial charge on any atom is -0.384 e. The molecule has 2 aliphatic rings. The number of nitrogens with zero attached hydrogens (tertiary/aromatic N) is 2. The summed E-state index contributed by atoms with van der Waals surface area (Å²) in [5, 5.41) is 17.0. The molecule has 192 valence electrons. The second-order valence-electron chi connectivity index (χ2n) is 10.8. The van der Waals surface area contributed by atoms with E-state index in [9.17, 15) is 9.59 Å². The summed E-state index contributed by atoms with van der Waals surface area (Å²) in [6, 6.07) is 21.2. The second-order valence-corrected chi connectivity index (χ2v) is 10.8. The van der Waals surface area contributed by atoms with Crippen molar-refractivity contribution in [2.45, 2.75) is 39.2 Å². The number of aromatic nitrogens is 2. The first-order valence-electron chi connectivity index (χ1n) is 12.8. The van der Waals surface area contributed by atoms with Gasteiger partial charge in [-0.15, -0.1) is 0 Å². The molecule has 0 saturated carbocycles. The van der Waals surface area contributed by atoms with E-state index < -0.39 is 0 Å². The van der Waals surface area contributed by atoms with Gasteiger partial charge in [0.25, 0.3) is 5.91 Å². The van der Waals surface area contributed by atoms with Gasteiger partial charge < -0.3 is 16.0 Å². The molecule has 3 amide bonds. The van der Waals surface area contributed by atoms with E-state index in [1.807, 2.05) is 54.6 Å². The third-order valence-electron chi connectivity index (χ3n) is 7.06. The van der Waals surface area contributed by atoms with Crippen LogP contribution in [0, 0.1) is 0 Å². The van der Waals surface area contributed by atoms with E-state index in [0.717, 1.165) is 52.3 Å². The van der Waals surface area contributed by atoms with Gasteiger partial charge in [0.05, 0.1) is 11.4 Å². The number of urea groups is 1. The van der Waals surface area contributed by atoms with Gasteiger partial charge in [0, 0.05) is 41.5 Å². The molecule has 3 aromatic carbocycles. The van der Waals surface area contributed by atoms with Crippen LogP contribution in [0.2, 0.25) is 0 Å². The van der Waals surface area contributed by atoms with Crippen molar-refractivity contribution in [3.63, 3.8) is 0 Å². The summed E-state index contributed by atoms with van der Waals surface area (Å²) in [4.78, 5) is 25.1. The van der Waals surface area contributed by atoms with Gasteiger partial charge in [-0.2, -0.15) is 5.10 Å². The lowest BCUT2D eigenvalue weighted by atomic mass is 9.92. The van der Waals surface area contributed by atoms with Crippen molar-refractivity contribution in [3.05, 3.63) is 89.1 Å². The molecule has 0 atom stereocenters. The number of carbonyl (C=O) groups excluding carboxylic acids is 2. The lowest BCUT2D eigenvalue weighted by molar-refractivity contribution is 0.0965. The van der Waals surface area contributed by atoms with Crippen molar-refractivity contribution in [2.24, 2.45) is 0 Å². The van der Waals surface area contributed by atoms with Crippen LogP contribution in [-0.2, 0) is 18.4 Å². The van der Waals surface area contributed by atoms with E-state index in [2.05, 4.69) is 54.2 Å². The van der Waals surface area contributed by atoms with Gasteiger partial charge in [-0.3, -0.25) is 10.1 Å². The van der Waals surface area contributed by atoms with E-state index in [4.69, 9.17) is 5.10 Å². The molecule has 2 aliphatic heterocycles. The molecule has 4 aromatic rings. The van der Waals surface area contributed by atoms with Crippen molar-refractivity contribution in [2.75, 3.05) is 22.5 Å². The normalized spacial score (nSPS) is 13.9. The Kier molecular flexibility index (Phi) is 5.67. The maximum atomic E-state index is 13.0. The molecule has 8 heteroatoms. The highest BCUT2D eigenvalue weighted by molar-refractivity contribution is 6.01. The fourth-order valence-electron chi connectivity index (χ4n) is 4.99. The fourth-order valence-corrected chi connectivity index (χ4v) is 4.99. The number of fused-ring (bicyclic) bond motifs is 2. The predicted octanol–water partition coefficient (Wildman–Crippen LogP) is 5.69. The molecule has 6 rings (SSSR count). The Morgan fingerprint density at radius 2 is 1.74 bits per heavy atom. The van der Waals surface area contributed by atoms with Gasteiger partial charge in [-0.05, 0) is 65.1 Å². The lowest BCUT2D eigenvalue weighted by Crippen LogP contribution is -2.21. The summed E-state index contributed by atoms with van der Waals surface area (Å²) < 4.78 is 1.80. The van der Waals surface area contributed by atoms with Crippen molar-refractivity contribution < 1.29 is 9.59 Å². The summed E-state index contributed by atoms with van der Waals surface area (Å²) >= 11 is 0. The molecule has 0 unspecified atom stereocenters. The third-order valence-corrected chi connectivity index (χ3v) is 7.06. The highest BCUT2D eigenvalue weighted by Crippen LogP contribution is 2.31. The molecule has 1 aromatic heterocycles. The second kappa shape index (κ2) is 9.06. The molecule has 38 heavy (non-hydrogen) atoms. The van der Waals surface area contributed by atoms with Crippen LogP contribution in [0.5, 0.6) is 0 Å². The Labute approximate surface area is 221 Å². The summed E-state index contributed by atoms with van der Waals surface area (Å²) in [5.74, 6) is 0.564. The third kappa shape index (κ3) is 4.38. The molecule has 8 nitrogen and oxygen atoms in total. The van der Waals surface area contributed by atoms with E-state index in [0.29, 0.717) is 18.1 Å². The number of anilines is 3. The van der Waals surface area contributed by atoms with Gasteiger partial charge in [-0.1, -0.05) is 45.0 Å². The molecule has 4 N–H and O–H groups in total. The largest absolute Gasteiger partial charge is 0.384 e. The van der Waals surface area contributed by atoms with Crippen LogP contribution < -0.4 is 21.3 Å². The van der Waals surface area contributed by atoms with E-state index >= 15 is 0 Å². The molecule has 0 saturated heterocycles. The van der Waals surface area contributed by atoms with Crippen molar-refractivity contribution in [1.82, 2.24) is 15.1 Å². The van der Waals surface area contributed by atoms with E-state index in [-0.39, 0.29) is 17.4 Å². The molecule has 0 bridgehead atoms. The van der Waals surface area contributed by atoms with Crippen LogP contribution in [0.1, 0.15) is 48.0 Å². The quantitative estimate of drug-likeness (QED) is 0.286. The molecule has 0 aliphatic carbocycles. The number of nitrogens with one attached hydrogen (secondary N) is 4. The number of rotatable bonds is 4. The van der Waals surface area contributed by atoms with E-state index in [1.165, 1.54) is 5.56 Å². The topological polar surface area (TPSA) is 100 Å². The highest BCUT2D eigenvalue weighted by atomic mass is 16.2. The monoisotopic (exact) mass is 506 g/mol. The first-order chi connectivity index (χ1) is 18.3. The Bertz CT molecular complexity index is 1560.